The Morgan fingerprint density at radius 3 is 2.48 bits per heavy atom. The molecule has 1 saturated heterocycles. The van der Waals surface area contributed by atoms with Crippen molar-refractivity contribution in [2.24, 2.45) is 7.05 Å². The summed E-state index contributed by atoms with van der Waals surface area (Å²) in [6.45, 7) is 2.62. The van der Waals surface area contributed by atoms with Gasteiger partial charge in [-0.2, -0.15) is 0 Å². The van der Waals surface area contributed by atoms with Crippen molar-refractivity contribution in [3.05, 3.63) is 27.1 Å². The summed E-state index contributed by atoms with van der Waals surface area (Å²) >= 11 is 3.42. The molecular formula is C17H22BrN3O4. The summed E-state index contributed by atoms with van der Waals surface area (Å²) in [5.74, 6) is 0.433. The number of ether oxygens (including phenoxy) is 1. The van der Waals surface area contributed by atoms with Gasteiger partial charge in [0.2, 0.25) is 0 Å². The van der Waals surface area contributed by atoms with E-state index in [1.165, 1.54) is 15.5 Å². The summed E-state index contributed by atoms with van der Waals surface area (Å²) in [6, 6.07) is 1.25. The molecule has 1 saturated carbocycles. The fraction of sp³-hybridized carbons (Fsp3) is 0.588. The molecule has 7 nitrogen and oxygen atoms in total. The lowest BCUT2D eigenvalue weighted by Crippen LogP contribution is -2.44. The average molecular weight is 412 g/mol. The maximum absolute atomic E-state index is 12.3. The molecule has 0 spiro atoms. The fourth-order valence-corrected chi connectivity index (χ4v) is 3.96. The minimum absolute atomic E-state index is 0.0188. The van der Waals surface area contributed by atoms with Gasteiger partial charge in [-0.3, -0.25) is 14.5 Å². The van der Waals surface area contributed by atoms with Crippen LogP contribution in [0.5, 0.6) is 5.75 Å². The Hall–Kier alpha value is -1.83. The molecule has 2 fully saturated rings. The van der Waals surface area contributed by atoms with E-state index in [9.17, 15) is 14.4 Å². The van der Waals surface area contributed by atoms with Crippen LogP contribution in [0.4, 0.5) is 4.79 Å². The van der Waals surface area contributed by atoms with E-state index in [0.717, 1.165) is 30.2 Å². The SMILES string of the molecule is CCN1CC(=O)N(C2CCC(Oc3cc(=O)n(C)cc3Br)CC2)C1=O. The predicted octanol–water partition coefficient (Wildman–Crippen LogP) is 2.12. The monoisotopic (exact) mass is 411 g/mol. The summed E-state index contributed by atoms with van der Waals surface area (Å²) in [7, 11) is 1.69. The second kappa shape index (κ2) is 7.19. The number of hydrogen-bond donors (Lipinski definition) is 0. The highest BCUT2D eigenvalue weighted by Crippen LogP contribution is 2.31. The van der Waals surface area contributed by atoms with E-state index in [4.69, 9.17) is 4.74 Å². The summed E-state index contributed by atoms with van der Waals surface area (Å²) < 4.78 is 8.19. The number of rotatable bonds is 4. The normalized spacial score (nSPS) is 24.1. The van der Waals surface area contributed by atoms with Crippen molar-refractivity contribution in [1.29, 1.82) is 0 Å². The van der Waals surface area contributed by atoms with Crippen molar-refractivity contribution >= 4 is 27.9 Å². The van der Waals surface area contributed by atoms with Gasteiger partial charge in [0.25, 0.3) is 11.5 Å². The van der Waals surface area contributed by atoms with Crippen LogP contribution in [0, 0.1) is 0 Å². The van der Waals surface area contributed by atoms with Gasteiger partial charge in [-0.25, -0.2) is 4.79 Å². The minimum atomic E-state index is -0.175. The molecule has 2 heterocycles. The number of likely N-dealkylation sites (N-methyl/N-ethyl adjacent to an activating group) is 1. The summed E-state index contributed by atoms with van der Waals surface area (Å²) in [5, 5.41) is 0. The Balaban J connectivity index is 1.61. The summed E-state index contributed by atoms with van der Waals surface area (Å²) in [6.07, 6.45) is 4.61. The van der Waals surface area contributed by atoms with Crippen molar-refractivity contribution in [3.8, 4) is 5.75 Å². The van der Waals surface area contributed by atoms with Crippen LogP contribution < -0.4 is 10.3 Å². The van der Waals surface area contributed by atoms with E-state index in [0.29, 0.717) is 12.3 Å². The standard InChI is InChI=1S/C17H22BrN3O4/c1-3-20-10-16(23)21(17(20)24)11-4-6-12(7-5-11)25-14-8-15(22)19(2)9-13(14)18/h8-9,11-12H,3-7,10H2,1-2H3. The van der Waals surface area contributed by atoms with Crippen molar-refractivity contribution < 1.29 is 14.3 Å². The first-order valence-electron chi connectivity index (χ1n) is 8.54. The molecule has 1 aliphatic heterocycles. The molecule has 1 aromatic heterocycles. The molecule has 0 bridgehead atoms. The molecule has 2 aliphatic rings. The smallest absolute Gasteiger partial charge is 0.327 e. The van der Waals surface area contributed by atoms with Crippen LogP contribution in [0.1, 0.15) is 32.6 Å². The van der Waals surface area contributed by atoms with E-state index in [-0.39, 0.29) is 36.2 Å². The predicted molar refractivity (Wildman–Crippen MR) is 95.5 cm³/mol. The van der Waals surface area contributed by atoms with Crippen molar-refractivity contribution in [1.82, 2.24) is 14.4 Å². The number of aromatic nitrogens is 1. The third-order valence-electron chi connectivity index (χ3n) is 4.90. The van der Waals surface area contributed by atoms with Gasteiger partial charge in [0.1, 0.15) is 12.3 Å². The van der Waals surface area contributed by atoms with Crippen LogP contribution in [0.3, 0.4) is 0 Å². The van der Waals surface area contributed by atoms with Gasteiger partial charge < -0.3 is 14.2 Å². The van der Waals surface area contributed by atoms with Crippen molar-refractivity contribution in [2.45, 2.75) is 44.8 Å². The molecule has 1 aromatic rings. The number of pyridine rings is 1. The lowest BCUT2D eigenvalue weighted by molar-refractivity contribution is -0.127. The molecule has 0 atom stereocenters. The average Bonchev–Trinajstić information content (AvgIpc) is 2.87. The largest absolute Gasteiger partial charge is 0.489 e. The van der Waals surface area contributed by atoms with Gasteiger partial charge in [-0.05, 0) is 48.5 Å². The summed E-state index contributed by atoms with van der Waals surface area (Å²) in [4.78, 5) is 39.2. The lowest BCUT2D eigenvalue weighted by Gasteiger charge is -2.33. The van der Waals surface area contributed by atoms with Crippen LogP contribution >= 0.6 is 15.9 Å². The number of amides is 3. The van der Waals surface area contributed by atoms with Crippen LogP contribution in [0.2, 0.25) is 0 Å². The van der Waals surface area contributed by atoms with Crippen LogP contribution in [-0.4, -0.2) is 51.5 Å². The molecule has 0 aromatic carbocycles. The Morgan fingerprint density at radius 1 is 1.20 bits per heavy atom. The number of carbonyl (C=O) groups is 2. The van der Waals surface area contributed by atoms with Crippen LogP contribution in [0.25, 0.3) is 0 Å². The highest BCUT2D eigenvalue weighted by molar-refractivity contribution is 9.10. The van der Waals surface area contributed by atoms with Gasteiger partial charge in [0.05, 0.1) is 10.6 Å². The second-order valence-corrected chi connectivity index (χ2v) is 7.40. The first kappa shape index (κ1) is 18.0. The van der Waals surface area contributed by atoms with Gasteiger partial charge in [0.15, 0.2) is 0 Å². The lowest BCUT2D eigenvalue weighted by atomic mass is 9.92. The molecule has 0 N–H and O–H groups in total. The molecular weight excluding hydrogens is 390 g/mol. The molecule has 0 radical (unpaired) electrons. The maximum Gasteiger partial charge on any atom is 0.327 e. The summed E-state index contributed by atoms with van der Waals surface area (Å²) in [5.41, 5.74) is -0.125. The molecule has 1 aliphatic carbocycles. The zero-order valence-corrected chi connectivity index (χ0v) is 16.0. The van der Waals surface area contributed by atoms with Gasteiger partial charge in [-0.15, -0.1) is 0 Å². The Kier molecular flexibility index (Phi) is 5.17. The molecule has 3 amide bonds. The number of urea groups is 1. The van der Waals surface area contributed by atoms with E-state index in [2.05, 4.69) is 15.9 Å². The second-order valence-electron chi connectivity index (χ2n) is 6.54. The molecule has 0 unspecified atom stereocenters. The van der Waals surface area contributed by atoms with Gasteiger partial charge in [-0.1, -0.05) is 0 Å². The van der Waals surface area contributed by atoms with Crippen molar-refractivity contribution in [2.75, 3.05) is 13.1 Å². The quantitative estimate of drug-likeness (QED) is 0.711. The van der Waals surface area contributed by atoms with Crippen LogP contribution in [0.15, 0.2) is 21.5 Å². The highest BCUT2D eigenvalue weighted by Gasteiger charge is 2.41. The highest BCUT2D eigenvalue weighted by atomic mass is 79.9. The van der Waals surface area contributed by atoms with E-state index >= 15 is 0 Å². The third-order valence-corrected chi connectivity index (χ3v) is 5.50. The van der Waals surface area contributed by atoms with Gasteiger partial charge >= 0.3 is 6.03 Å². The first-order valence-corrected chi connectivity index (χ1v) is 9.33. The molecule has 3 rings (SSSR count). The minimum Gasteiger partial charge on any atom is -0.489 e. The van der Waals surface area contributed by atoms with Crippen LogP contribution in [-0.2, 0) is 11.8 Å². The van der Waals surface area contributed by atoms with Crippen molar-refractivity contribution in [3.63, 3.8) is 0 Å². The molecule has 8 heteroatoms. The zero-order chi connectivity index (χ0) is 18.1. The number of hydrogen-bond acceptors (Lipinski definition) is 4. The first-order chi connectivity index (χ1) is 11.9. The Morgan fingerprint density at radius 2 is 1.88 bits per heavy atom. The Labute approximate surface area is 154 Å². The number of halogens is 1. The Bertz CT molecular complexity index is 740. The van der Waals surface area contributed by atoms with E-state index in [1.807, 2.05) is 6.92 Å². The molecule has 25 heavy (non-hydrogen) atoms. The molecule has 136 valence electrons. The fourth-order valence-electron chi connectivity index (χ4n) is 3.44. The topological polar surface area (TPSA) is 71.8 Å². The van der Waals surface area contributed by atoms with Gasteiger partial charge in [0, 0.05) is 31.9 Å². The third kappa shape index (κ3) is 3.58. The number of aryl methyl sites for hydroxylation is 1. The number of carbonyl (C=O) groups excluding carboxylic acids is 2. The number of imide groups is 1. The maximum atomic E-state index is 12.3. The zero-order valence-electron chi connectivity index (χ0n) is 14.4. The van der Waals surface area contributed by atoms with E-state index < -0.39 is 0 Å². The van der Waals surface area contributed by atoms with E-state index in [1.54, 1.807) is 18.1 Å². The number of nitrogens with zero attached hydrogens (tertiary/aromatic N) is 3.